The van der Waals surface area contributed by atoms with Gasteiger partial charge < -0.3 is 10.1 Å². The number of anilines is 1. The van der Waals surface area contributed by atoms with Gasteiger partial charge in [0.25, 0.3) is 5.91 Å². The molecule has 2 aliphatic carbocycles. The topological polar surface area (TPSA) is 79.2 Å². The van der Waals surface area contributed by atoms with Gasteiger partial charge in [-0.1, -0.05) is 26.2 Å². The number of hydrogen-bond donors (Lipinski definition) is 1. The van der Waals surface area contributed by atoms with E-state index in [1.54, 1.807) is 0 Å². The van der Waals surface area contributed by atoms with E-state index in [1.165, 1.54) is 35.5 Å². The lowest BCUT2D eigenvalue weighted by Gasteiger charge is -2.20. The Kier molecular flexibility index (Phi) is 6.31. The highest BCUT2D eigenvalue weighted by Crippen LogP contribution is 2.39. The lowest BCUT2D eigenvalue weighted by atomic mass is 9.87. The van der Waals surface area contributed by atoms with Gasteiger partial charge in [0, 0.05) is 11.3 Å². The molecule has 1 saturated carbocycles. The second-order valence-corrected chi connectivity index (χ2v) is 8.69. The molecule has 0 aromatic carbocycles. The molecule has 0 aliphatic heterocycles. The van der Waals surface area contributed by atoms with Crippen LogP contribution in [0.5, 0.6) is 0 Å². The van der Waals surface area contributed by atoms with Crippen molar-refractivity contribution in [2.75, 3.05) is 11.9 Å². The molecule has 0 saturated heterocycles. The SMILES string of the molecule is CC1CCc2c(sc(NC(=O)COC(=O)CC3CCCCC3)c2C#N)C1. The molecule has 2 aliphatic rings. The van der Waals surface area contributed by atoms with Crippen LogP contribution in [0, 0.1) is 23.2 Å². The Labute approximate surface area is 158 Å². The summed E-state index contributed by atoms with van der Waals surface area (Å²) in [6.07, 6.45) is 9.08. The Balaban J connectivity index is 1.52. The van der Waals surface area contributed by atoms with Crippen LogP contribution in [0.1, 0.15) is 67.9 Å². The number of rotatable bonds is 5. The molecule has 3 rings (SSSR count). The molecular formula is C20H26N2O3S. The van der Waals surface area contributed by atoms with Crippen molar-refractivity contribution in [2.45, 2.75) is 64.7 Å². The molecule has 1 fully saturated rings. The zero-order valence-corrected chi connectivity index (χ0v) is 16.1. The average molecular weight is 375 g/mol. The van der Waals surface area contributed by atoms with Gasteiger partial charge in [0.1, 0.15) is 11.1 Å². The number of thiophene rings is 1. The van der Waals surface area contributed by atoms with Gasteiger partial charge in [-0.25, -0.2) is 0 Å². The molecule has 5 nitrogen and oxygen atoms in total. The predicted molar refractivity (Wildman–Crippen MR) is 101 cm³/mol. The fraction of sp³-hybridized carbons (Fsp3) is 0.650. The summed E-state index contributed by atoms with van der Waals surface area (Å²) < 4.78 is 5.14. The molecule has 0 radical (unpaired) electrons. The minimum absolute atomic E-state index is 0.282. The standard InChI is InChI=1S/C20H26N2O3S/c1-13-7-8-15-16(11-21)20(26-17(15)9-13)22-18(23)12-25-19(24)10-14-5-3-2-4-6-14/h13-14H,2-10,12H2,1H3,(H,22,23). The molecule has 1 aromatic heterocycles. The zero-order chi connectivity index (χ0) is 18.5. The predicted octanol–water partition coefficient (Wildman–Crippen LogP) is 4.20. The van der Waals surface area contributed by atoms with E-state index in [4.69, 9.17) is 4.74 Å². The molecule has 0 spiro atoms. The van der Waals surface area contributed by atoms with Crippen molar-refractivity contribution in [1.82, 2.24) is 0 Å². The van der Waals surface area contributed by atoms with E-state index < -0.39 is 0 Å². The van der Waals surface area contributed by atoms with E-state index in [9.17, 15) is 14.9 Å². The quantitative estimate of drug-likeness (QED) is 0.784. The molecule has 26 heavy (non-hydrogen) atoms. The Bertz CT molecular complexity index is 713. The van der Waals surface area contributed by atoms with E-state index in [1.807, 2.05) is 0 Å². The van der Waals surface area contributed by atoms with Crippen LogP contribution < -0.4 is 5.32 Å². The summed E-state index contributed by atoms with van der Waals surface area (Å²) in [7, 11) is 0. The van der Waals surface area contributed by atoms with Crippen LogP contribution in [0.15, 0.2) is 0 Å². The van der Waals surface area contributed by atoms with E-state index >= 15 is 0 Å². The fourth-order valence-corrected chi connectivity index (χ4v) is 5.33. The maximum atomic E-state index is 12.2. The largest absolute Gasteiger partial charge is 0.456 e. The van der Waals surface area contributed by atoms with Gasteiger partial charge in [0.15, 0.2) is 6.61 Å². The number of nitrogens with one attached hydrogen (secondary N) is 1. The minimum Gasteiger partial charge on any atom is -0.456 e. The van der Waals surface area contributed by atoms with Crippen molar-refractivity contribution in [3.05, 3.63) is 16.0 Å². The summed E-state index contributed by atoms with van der Waals surface area (Å²) in [6.45, 7) is 1.92. The van der Waals surface area contributed by atoms with Crippen molar-refractivity contribution >= 4 is 28.2 Å². The molecule has 1 unspecified atom stereocenters. The van der Waals surface area contributed by atoms with Crippen LogP contribution in [-0.4, -0.2) is 18.5 Å². The van der Waals surface area contributed by atoms with Gasteiger partial charge in [-0.15, -0.1) is 11.3 Å². The lowest BCUT2D eigenvalue weighted by Crippen LogP contribution is -2.22. The van der Waals surface area contributed by atoms with Gasteiger partial charge in [0.05, 0.1) is 5.56 Å². The van der Waals surface area contributed by atoms with Crippen LogP contribution in [0.25, 0.3) is 0 Å². The Morgan fingerprint density at radius 1 is 1.27 bits per heavy atom. The third kappa shape index (κ3) is 4.64. The maximum Gasteiger partial charge on any atom is 0.306 e. The lowest BCUT2D eigenvalue weighted by molar-refractivity contribution is -0.148. The molecule has 1 amide bonds. The third-order valence-corrected chi connectivity index (χ3v) is 6.59. The third-order valence-electron chi connectivity index (χ3n) is 5.42. The summed E-state index contributed by atoms with van der Waals surface area (Å²) >= 11 is 1.49. The minimum atomic E-state index is -0.370. The number of nitrogens with zero attached hydrogens (tertiary/aromatic N) is 1. The monoisotopic (exact) mass is 374 g/mol. The maximum absolute atomic E-state index is 12.2. The van der Waals surface area contributed by atoms with E-state index in [0.29, 0.717) is 28.8 Å². The van der Waals surface area contributed by atoms with Crippen LogP contribution in [0.3, 0.4) is 0 Å². The first kappa shape index (κ1) is 18.9. The first-order valence-corrected chi connectivity index (χ1v) is 10.4. The van der Waals surface area contributed by atoms with Gasteiger partial charge >= 0.3 is 5.97 Å². The summed E-state index contributed by atoms with van der Waals surface area (Å²) in [6, 6.07) is 2.23. The zero-order valence-electron chi connectivity index (χ0n) is 15.3. The van der Waals surface area contributed by atoms with Gasteiger partial charge in [-0.05, 0) is 49.5 Å². The Hall–Kier alpha value is -1.87. The number of nitriles is 1. The second kappa shape index (κ2) is 8.68. The summed E-state index contributed by atoms with van der Waals surface area (Å²) in [5, 5.41) is 12.8. The van der Waals surface area contributed by atoms with Crippen LogP contribution in [0.2, 0.25) is 0 Å². The smallest absolute Gasteiger partial charge is 0.306 e. The van der Waals surface area contributed by atoms with Crippen molar-refractivity contribution in [3.8, 4) is 6.07 Å². The number of ether oxygens (including phenoxy) is 1. The van der Waals surface area contributed by atoms with Crippen LogP contribution in [-0.2, 0) is 27.2 Å². The number of hydrogen-bond acceptors (Lipinski definition) is 5. The first-order chi connectivity index (χ1) is 12.6. The highest BCUT2D eigenvalue weighted by Gasteiger charge is 2.25. The molecule has 1 heterocycles. The number of carbonyl (C=O) groups is 2. The highest BCUT2D eigenvalue weighted by molar-refractivity contribution is 7.16. The van der Waals surface area contributed by atoms with Gasteiger partial charge in [-0.3, -0.25) is 9.59 Å². The number of esters is 1. The molecule has 6 heteroatoms. The number of carbonyl (C=O) groups excluding carboxylic acids is 2. The van der Waals surface area contributed by atoms with Gasteiger partial charge in [0.2, 0.25) is 0 Å². The van der Waals surface area contributed by atoms with Crippen molar-refractivity contribution in [2.24, 2.45) is 11.8 Å². The highest BCUT2D eigenvalue weighted by atomic mass is 32.1. The number of fused-ring (bicyclic) bond motifs is 1. The molecule has 1 aromatic rings. The first-order valence-electron chi connectivity index (χ1n) is 9.57. The number of amides is 1. The van der Waals surface area contributed by atoms with Crippen LogP contribution >= 0.6 is 11.3 Å². The van der Waals surface area contributed by atoms with Crippen molar-refractivity contribution in [1.29, 1.82) is 5.26 Å². The fourth-order valence-electron chi connectivity index (χ4n) is 3.95. The summed E-state index contributed by atoms with van der Waals surface area (Å²) in [5.74, 6) is 0.337. The van der Waals surface area contributed by atoms with Crippen LogP contribution in [0.4, 0.5) is 5.00 Å². The Morgan fingerprint density at radius 2 is 2.04 bits per heavy atom. The Morgan fingerprint density at radius 3 is 2.77 bits per heavy atom. The molecule has 0 bridgehead atoms. The van der Waals surface area contributed by atoms with Crippen molar-refractivity contribution < 1.29 is 14.3 Å². The molecular weight excluding hydrogens is 348 g/mol. The van der Waals surface area contributed by atoms with Gasteiger partial charge in [-0.2, -0.15) is 5.26 Å². The van der Waals surface area contributed by atoms with E-state index in [-0.39, 0.29) is 18.5 Å². The van der Waals surface area contributed by atoms with E-state index in [2.05, 4.69) is 18.3 Å². The average Bonchev–Trinajstić information content (AvgIpc) is 2.96. The summed E-state index contributed by atoms with van der Waals surface area (Å²) in [4.78, 5) is 25.3. The normalized spacial score (nSPS) is 20.1. The molecule has 140 valence electrons. The molecule has 1 atom stereocenters. The summed E-state index contributed by atoms with van der Waals surface area (Å²) in [5.41, 5.74) is 1.67. The van der Waals surface area contributed by atoms with E-state index in [0.717, 1.165) is 37.7 Å². The second-order valence-electron chi connectivity index (χ2n) is 7.58. The van der Waals surface area contributed by atoms with Crippen molar-refractivity contribution in [3.63, 3.8) is 0 Å². The molecule has 1 N–H and O–H groups in total.